The third-order valence-corrected chi connectivity index (χ3v) is 4.61. The van der Waals surface area contributed by atoms with Crippen LogP contribution >= 0.6 is 24.0 Å². The van der Waals surface area contributed by atoms with Gasteiger partial charge >= 0.3 is 0 Å². The molecule has 0 radical (unpaired) electrons. The number of carbonyl (C=O) groups is 1. The normalized spacial score (nSPS) is 14.6. The Morgan fingerprint density at radius 3 is 2.71 bits per heavy atom. The number of aliphatic imine (C=N–C) groups is 1. The monoisotopic (exact) mass is 502 g/mol. The number of amides is 1. The number of benzene rings is 1. The molecular formula is C21H35IN4O2. The van der Waals surface area contributed by atoms with E-state index in [1.165, 1.54) is 5.56 Å². The van der Waals surface area contributed by atoms with Crippen LogP contribution < -0.4 is 20.7 Å². The smallest absolute Gasteiger partial charge is 0.220 e. The number of carbonyl (C=O) groups excluding carboxylic acids is 1. The highest BCUT2D eigenvalue weighted by Crippen LogP contribution is 2.22. The van der Waals surface area contributed by atoms with Gasteiger partial charge < -0.3 is 20.7 Å². The van der Waals surface area contributed by atoms with Gasteiger partial charge in [0.15, 0.2) is 5.96 Å². The molecular weight excluding hydrogens is 467 g/mol. The van der Waals surface area contributed by atoms with Crippen molar-refractivity contribution in [2.75, 3.05) is 13.6 Å². The van der Waals surface area contributed by atoms with Gasteiger partial charge in [0, 0.05) is 38.2 Å². The zero-order valence-corrected chi connectivity index (χ0v) is 19.8. The van der Waals surface area contributed by atoms with Gasteiger partial charge in [-0.05, 0) is 51.2 Å². The molecule has 2 rings (SSSR count). The fourth-order valence-corrected chi connectivity index (χ4v) is 2.60. The fraction of sp³-hybridized carbons (Fsp3) is 0.619. The van der Waals surface area contributed by atoms with Gasteiger partial charge in [0.25, 0.3) is 0 Å². The van der Waals surface area contributed by atoms with Gasteiger partial charge in [0.1, 0.15) is 5.75 Å². The summed E-state index contributed by atoms with van der Waals surface area (Å²) in [4.78, 5) is 16.0. The number of nitrogens with one attached hydrogen (secondary N) is 3. The number of ether oxygens (including phenoxy) is 1. The summed E-state index contributed by atoms with van der Waals surface area (Å²) >= 11 is 0. The first-order valence-corrected chi connectivity index (χ1v) is 10.0. The van der Waals surface area contributed by atoms with Crippen molar-refractivity contribution in [3.8, 4) is 5.75 Å². The zero-order valence-electron chi connectivity index (χ0n) is 17.5. The van der Waals surface area contributed by atoms with Crippen LogP contribution in [0.4, 0.5) is 0 Å². The van der Waals surface area contributed by atoms with Gasteiger partial charge in [-0.2, -0.15) is 0 Å². The summed E-state index contributed by atoms with van der Waals surface area (Å²) in [5.41, 5.74) is 2.29. The van der Waals surface area contributed by atoms with Crippen LogP contribution in [-0.4, -0.2) is 37.6 Å². The van der Waals surface area contributed by atoms with E-state index >= 15 is 0 Å². The van der Waals surface area contributed by atoms with E-state index in [1.54, 1.807) is 7.05 Å². The topological polar surface area (TPSA) is 74.8 Å². The van der Waals surface area contributed by atoms with E-state index in [9.17, 15) is 4.79 Å². The Labute approximate surface area is 186 Å². The highest BCUT2D eigenvalue weighted by Gasteiger charge is 2.22. The lowest BCUT2D eigenvalue weighted by atomic mass is 10.1. The number of aryl methyl sites for hydroxylation is 1. The molecule has 0 aromatic heterocycles. The molecule has 6 nitrogen and oxygen atoms in total. The molecule has 28 heavy (non-hydrogen) atoms. The molecule has 1 atom stereocenters. The molecule has 158 valence electrons. The van der Waals surface area contributed by atoms with E-state index in [2.05, 4.69) is 59.9 Å². The average molecular weight is 502 g/mol. The Hall–Kier alpha value is -1.51. The van der Waals surface area contributed by atoms with Crippen LogP contribution in [0.3, 0.4) is 0 Å². The molecule has 1 aliphatic rings. The van der Waals surface area contributed by atoms with E-state index in [4.69, 9.17) is 4.74 Å². The molecule has 3 N–H and O–H groups in total. The molecule has 0 heterocycles. The lowest BCUT2D eigenvalue weighted by Gasteiger charge is -2.18. The third kappa shape index (κ3) is 9.12. The summed E-state index contributed by atoms with van der Waals surface area (Å²) in [6, 6.07) is 6.70. The third-order valence-electron chi connectivity index (χ3n) is 4.61. The number of hydrogen-bond acceptors (Lipinski definition) is 3. The van der Waals surface area contributed by atoms with Crippen molar-refractivity contribution >= 4 is 35.8 Å². The van der Waals surface area contributed by atoms with Gasteiger partial charge in [-0.1, -0.05) is 19.1 Å². The Morgan fingerprint density at radius 1 is 1.32 bits per heavy atom. The second kappa shape index (κ2) is 12.9. The number of halogens is 1. The van der Waals surface area contributed by atoms with E-state index in [0.29, 0.717) is 25.6 Å². The maximum atomic E-state index is 11.7. The molecule has 1 fully saturated rings. The summed E-state index contributed by atoms with van der Waals surface area (Å²) < 4.78 is 6.06. The van der Waals surface area contributed by atoms with Crippen molar-refractivity contribution in [1.29, 1.82) is 0 Å². The number of hydrogen-bond donors (Lipinski definition) is 3. The second-order valence-corrected chi connectivity index (χ2v) is 7.25. The predicted octanol–water partition coefficient (Wildman–Crippen LogP) is 3.51. The Bertz CT molecular complexity index is 647. The largest absolute Gasteiger partial charge is 0.490 e. The lowest BCUT2D eigenvalue weighted by molar-refractivity contribution is -0.121. The van der Waals surface area contributed by atoms with Gasteiger partial charge in [-0.25, -0.2) is 0 Å². The molecule has 0 spiro atoms. The molecule has 0 aliphatic heterocycles. The van der Waals surface area contributed by atoms with Crippen molar-refractivity contribution < 1.29 is 9.53 Å². The fourth-order valence-electron chi connectivity index (χ4n) is 2.60. The van der Waals surface area contributed by atoms with Crippen molar-refractivity contribution in [3.05, 3.63) is 29.3 Å². The summed E-state index contributed by atoms with van der Waals surface area (Å²) in [6.07, 6.45) is 4.74. The van der Waals surface area contributed by atoms with Crippen molar-refractivity contribution in [2.45, 2.75) is 71.6 Å². The van der Waals surface area contributed by atoms with Crippen LogP contribution in [-0.2, 0) is 11.3 Å². The SMILES string of the molecule is CCC(C)Oc1cc(C)ccc1CNC(=NC)NCCCC(=O)NC1CC1.I. The quantitative estimate of drug-likeness (QED) is 0.198. The van der Waals surface area contributed by atoms with E-state index in [0.717, 1.165) is 43.0 Å². The maximum absolute atomic E-state index is 11.7. The Balaban J connectivity index is 0.00000392. The van der Waals surface area contributed by atoms with Gasteiger partial charge in [-0.15, -0.1) is 24.0 Å². The molecule has 1 aromatic carbocycles. The van der Waals surface area contributed by atoms with Gasteiger partial charge in [-0.3, -0.25) is 9.79 Å². The first-order valence-electron chi connectivity index (χ1n) is 10.0. The minimum atomic E-state index is 0. The molecule has 1 unspecified atom stereocenters. The highest BCUT2D eigenvalue weighted by atomic mass is 127. The molecule has 0 bridgehead atoms. The minimum Gasteiger partial charge on any atom is -0.490 e. The van der Waals surface area contributed by atoms with Crippen LogP contribution in [0.2, 0.25) is 0 Å². The first-order chi connectivity index (χ1) is 13.0. The standard InChI is InChI=1S/C21H34N4O2.HI/c1-5-16(3)27-19-13-15(2)8-9-17(19)14-24-21(22-4)23-12-6-7-20(26)25-18-10-11-18;/h8-9,13,16,18H,5-7,10-12,14H2,1-4H3,(H,25,26)(H2,22,23,24);1H. The van der Waals surface area contributed by atoms with Gasteiger partial charge in [0.05, 0.1) is 6.10 Å². The molecule has 1 aliphatic carbocycles. The summed E-state index contributed by atoms with van der Waals surface area (Å²) in [6.45, 7) is 7.62. The first kappa shape index (κ1) is 24.5. The van der Waals surface area contributed by atoms with Crippen LogP contribution in [0.15, 0.2) is 23.2 Å². The van der Waals surface area contributed by atoms with Crippen molar-refractivity contribution in [3.63, 3.8) is 0 Å². The summed E-state index contributed by atoms with van der Waals surface area (Å²) in [5.74, 6) is 1.80. The Morgan fingerprint density at radius 2 is 2.07 bits per heavy atom. The number of guanidine groups is 1. The summed E-state index contributed by atoms with van der Waals surface area (Å²) in [5, 5.41) is 9.60. The van der Waals surface area contributed by atoms with Crippen LogP contribution in [0.1, 0.15) is 57.1 Å². The van der Waals surface area contributed by atoms with Crippen LogP contribution in [0.5, 0.6) is 5.75 Å². The van der Waals surface area contributed by atoms with Gasteiger partial charge in [0.2, 0.25) is 5.91 Å². The van der Waals surface area contributed by atoms with Crippen molar-refractivity contribution in [1.82, 2.24) is 16.0 Å². The van der Waals surface area contributed by atoms with Crippen molar-refractivity contribution in [2.24, 2.45) is 4.99 Å². The highest BCUT2D eigenvalue weighted by molar-refractivity contribution is 14.0. The predicted molar refractivity (Wildman–Crippen MR) is 126 cm³/mol. The molecule has 0 saturated heterocycles. The zero-order chi connectivity index (χ0) is 19.6. The van der Waals surface area contributed by atoms with E-state index < -0.39 is 0 Å². The lowest BCUT2D eigenvalue weighted by Crippen LogP contribution is -2.37. The van der Waals surface area contributed by atoms with Crippen LogP contribution in [0, 0.1) is 6.92 Å². The minimum absolute atomic E-state index is 0. The second-order valence-electron chi connectivity index (χ2n) is 7.25. The molecule has 1 amide bonds. The average Bonchev–Trinajstić information content (AvgIpc) is 3.46. The van der Waals surface area contributed by atoms with E-state index in [1.807, 2.05) is 0 Å². The molecule has 1 saturated carbocycles. The van der Waals surface area contributed by atoms with E-state index in [-0.39, 0.29) is 36.0 Å². The number of nitrogens with zero attached hydrogens (tertiary/aromatic N) is 1. The maximum Gasteiger partial charge on any atom is 0.220 e. The molecule has 1 aromatic rings. The Kier molecular flexibility index (Phi) is 11.3. The molecule has 7 heteroatoms. The summed E-state index contributed by atoms with van der Waals surface area (Å²) in [7, 11) is 1.75. The number of rotatable bonds is 10. The van der Waals surface area contributed by atoms with Crippen LogP contribution in [0.25, 0.3) is 0 Å².